The second kappa shape index (κ2) is 7.65. The number of aryl methyl sites for hydroxylation is 1. The van der Waals surface area contributed by atoms with Gasteiger partial charge in [-0.05, 0) is 48.9 Å². The van der Waals surface area contributed by atoms with E-state index in [0.717, 1.165) is 12.0 Å². The van der Waals surface area contributed by atoms with Crippen molar-refractivity contribution in [2.24, 2.45) is 23.7 Å². The number of nitrogens with one attached hydrogen (secondary N) is 1. The molecule has 1 saturated carbocycles. The van der Waals surface area contributed by atoms with E-state index in [2.05, 4.69) is 17.5 Å². The van der Waals surface area contributed by atoms with E-state index in [9.17, 15) is 14.4 Å². The Kier molecular flexibility index (Phi) is 4.94. The van der Waals surface area contributed by atoms with Gasteiger partial charge < -0.3 is 5.32 Å². The quantitative estimate of drug-likeness (QED) is 0.555. The fourth-order valence-corrected chi connectivity index (χ4v) is 5.60. The lowest BCUT2D eigenvalue weighted by atomic mass is 9.85. The number of nitrogens with zero attached hydrogens (tertiary/aromatic N) is 1. The molecule has 0 radical (unpaired) electrons. The molecule has 2 aromatic carbocycles. The third-order valence-corrected chi connectivity index (χ3v) is 7.14. The topological polar surface area (TPSA) is 66.5 Å². The lowest BCUT2D eigenvalue weighted by molar-refractivity contribution is -0.144. The summed E-state index contributed by atoms with van der Waals surface area (Å²) in [6, 6.07) is 13.9. The number of carbonyl (C=O) groups is 3. The molecule has 5 atom stereocenters. The molecule has 2 bridgehead atoms. The van der Waals surface area contributed by atoms with Gasteiger partial charge in [-0.15, -0.1) is 0 Å². The molecule has 1 saturated heterocycles. The van der Waals surface area contributed by atoms with E-state index in [-0.39, 0.29) is 47.8 Å². The summed E-state index contributed by atoms with van der Waals surface area (Å²) >= 11 is 6.45. The zero-order valence-electron chi connectivity index (χ0n) is 17.1. The zero-order chi connectivity index (χ0) is 21.7. The third-order valence-electron chi connectivity index (χ3n) is 6.79. The van der Waals surface area contributed by atoms with Gasteiger partial charge in [0.1, 0.15) is 0 Å². The van der Waals surface area contributed by atoms with Crippen molar-refractivity contribution >= 4 is 35.0 Å². The second-order valence-corrected chi connectivity index (χ2v) is 9.11. The summed E-state index contributed by atoms with van der Waals surface area (Å²) in [7, 11) is 0. The third kappa shape index (κ3) is 3.37. The largest absolute Gasteiger partial charge is 0.326 e. The first-order valence-electron chi connectivity index (χ1n) is 10.6. The van der Waals surface area contributed by atoms with Crippen molar-refractivity contribution in [3.63, 3.8) is 0 Å². The molecule has 0 spiro atoms. The Morgan fingerprint density at radius 3 is 2.26 bits per heavy atom. The molecule has 158 valence electrons. The van der Waals surface area contributed by atoms with Gasteiger partial charge in [0.05, 0.1) is 24.3 Å². The maximum atomic E-state index is 13.4. The standard InChI is InChI=1S/C25H23ClN2O3/c1-14-6-10-17(11-7-14)27-21(29)13-20(18-4-2-3-5-19(18)26)28-24(30)22-15-8-9-16(12-15)23(22)25(28)31/h2-11,15-16,20,22-23H,12-13H2,1H3,(H,27,29). The van der Waals surface area contributed by atoms with E-state index in [1.54, 1.807) is 18.2 Å². The molecule has 31 heavy (non-hydrogen) atoms. The van der Waals surface area contributed by atoms with Gasteiger partial charge in [0.25, 0.3) is 0 Å². The predicted octanol–water partition coefficient (Wildman–Crippen LogP) is 4.53. The lowest BCUT2D eigenvalue weighted by Crippen LogP contribution is -2.38. The molecule has 6 heteroatoms. The van der Waals surface area contributed by atoms with Gasteiger partial charge in [0.2, 0.25) is 17.7 Å². The molecule has 1 heterocycles. The van der Waals surface area contributed by atoms with Crippen LogP contribution in [0.25, 0.3) is 0 Å². The number of carbonyl (C=O) groups excluding carboxylic acids is 3. The van der Waals surface area contributed by atoms with E-state index < -0.39 is 6.04 Å². The van der Waals surface area contributed by atoms with Crippen LogP contribution in [0.15, 0.2) is 60.7 Å². The molecule has 3 aliphatic rings. The Bertz CT molecular complexity index is 1060. The fourth-order valence-electron chi connectivity index (χ4n) is 5.34. The molecule has 5 nitrogen and oxygen atoms in total. The van der Waals surface area contributed by atoms with Gasteiger partial charge in [-0.1, -0.05) is 59.6 Å². The van der Waals surface area contributed by atoms with Gasteiger partial charge in [0, 0.05) is 10.7 Å². The minimum absolute atomic E-state index is 0.0444. The van der Waals surface area contributed by atoms with Crippen LogP contribution in [0, 0.1) is 30.6 Å². The predicted molar refractivity (Wildman–Crippen MR) is 118 cm³/mol. The Morgan fingerprint density at radius 2 is 1.65 bits per heavy atom. The molecule has 2 fully saturated rings. The number of imide groups is 1. The highest BCUT2D eigenvalue weighted by Gasteiger charge is 2.60. The van der Waals surface area contributed by atoms with Crippen LogP contribution in [0.3, 0.4) is 0 Å². The lowest BCUT2D eigenvalue weighted by Gasteiger charge is -2.28. The highest BCUT2D eigenvalue weighted by Crippen LogP contribution is 2.54. The van der Waals surface area contributed by atoms with Crippen LogP contribution in [0.5, 0.6) is 0 Å². The number of fused-ring (bicyclic) bond motifs is 5. The summed E-state index contributed by atoms with van der Waals surface area (Å²) in [5, 5.41) is 3.32. The van der Waals surface area contributed by atoms with Crippen molar-refractivity contribution < 1.29 is 14.4 Å². The average molecular weight is 435 g/mol. The average Bonchev–Trinajstić information content (AvgIpc) is 3.43. The summed E-state index contributed by atoms with van der Waals surface area (Å²) in [6.07, 6.45) is 4.95. The number of halogens is 1. The number of benzene rings is 2. The number of allylic oxidation sites excluding steroid dienone is 2. The van der Waals surface area contributed by atoms with E-state index in [1.807, 2.05) is 37.3 Å². The molecule has 0 aromatic heterocycles. The molecule has 2 aromatic rings. The van der Waals surface area contributed by atoms with E-state index in [0.29, 0.717) is 16.3 Å². The number of hydrogen-bond donors (Lipinski definition) is 1. The summed E-state index contributed by atoms with van der Waals surface area (Å²) in [5.41, 5.74) is 2.38. The molecule has 1 N–H and O–H groups in total. The number of anilines is 1. The Morgan fingerprint density at radius 1 is 1.03 bits per heavy atom. The monoisotopic (exact) mass is 434 g/mol. The fraction of sp³-hybridized carbons (Fsp3) is 0.320. The molecule has 2 aliphatic carbocycles. The van der Waals surface area contributed by atoms with Gasteiger partial charge >= 0.3 is 0 Å². The Balaban J connectivity index is 1.45. The second-order valence-electron chi connectivity index (χ2n) is 8.70. The Hall–Kier alpha value is -2.92. The molecule has 5 rings (SSSR count). The normalized spacial score (nSPS) is 27.0. The summed E-state index contributed by atoms with van der Waals surface area (Å²) in [4.78, 5) is 41.0. The minimum atomic E-state index is -0.732. The maximum Gasteiger partial charge on any atom is 0.234 e. The van der Waals surface area contributed by atoms with Crippen molar-refractivity contribution in [3.8, 4) is 0 Å². The molecule has 1 aliphatic heterocycles. The molecule has 5 unspecified atom stereocenters. The van der Waals surface area contributed by atoms with Gasteiger partial charge in [-0.25, -0.2) is 0 Å². The first-order chi connectivity index (χ1) is 14.9. The first kappa shape index (κ1) is 20.0. The van der Waals surface area contributed by atoms with Crippen LogP contribution in [0.4, 0.5) is 5.69 Å². The van der Waals surface area contributed by atoms with E-state index >= 15 is 0 Å². The summed E-state index contributed by atoms with van der Waals surface area (Å²) in [5.74, 6) is -1.03. The summed E-state index contributed by atoms with van der Waals surface area (Å²) < 4.78 is 0. The van der Waals surface area contributed by atoms with Crippen LogP contribution in [-0.4, -0.2) is 22.6 Å². The van der Waals surface area contributed by atoms with Crippen molar-refractivity contribution in [1.29, 1.82) is 0 Å². The van der Waals surface area contributed by atoms with Crippen LogP contribution >= 0.6 is 11.6 Å². The molecular formula is C25H23ClN2O3. The van der Waals surface area contributed by atoms with E-state index in [1.165, 1.54) is 4.90 Å². The van der Waals surface area contributed by atoms with Crippen molar-refractivity contribution in [3.05, 3.63) is 76.8 Å². The zero-order valence-corrected chi connectivity index (χ0v) is 17.9. The molecule has 3 amide bonds. The molecular weight excluding hydrogens is 412 g/mol. The minimum Gasteiger partial charge on any atom is -0.326 e. The van der Waals surface area contributed by atoms with Crippen LogP contribution < -0.4 is 5.32 Å². The smallest absolute Gasteiger partial charge is 0.234 e. The highest BCUT2D eigenvalue weighted by atomic mass is 35.5. The SMILES string of the molecule is Cc1ccc(NC(=O)CC(c2ccccc2Cl)N2C(=O)C3C4C=CC(C4)C3C2=O)cc1. The van der Waals surface area contributed by atoms with Gasteiger partial charge in [0.15, 0.2) is 0 Å². The van der Waals surface area contributed by atoms with Crippen molar-refractivity contribution in [1.82, 2.24) is 4.90 Å². The number of rotatable bonds is 5. The maximum absolute atomic E-state index is 13.4. The van der Waals surface area contributed by atoms with E-state index in [4.69, 9.17) is 11.6 Å². The first-order valence-corrected chi connectivity index (χ1v) is 11.0. The van der Waals surface area contributed by atoms with Crippen LogP contribution in [0.2, 0.25) is 5.02 Å². The number of likely N-dealkylation sites (tertiary alicyclic amines) is 1. The summed E-state index contributed by atoms with van der Waals surface area (Å²) in [6.45, 7) is 1.97. The van der Waals surface area contributed by atoms with Crippen molar-refractivity contribution in [2.75, 3.05) is 5.32 Å². The van der Waals surface area contributed by atoms with Crippen molar-refractivity contribution in [2.45, 2.75) is 25.8 Å². The van der Waals surface area contributed by atoms with Gasteiger partial charge in [-0.2, -0.15) is 0 Å². The Labute approximate surface area is 186 Å². The van der Waals surface area contributed by atoms with Crippen LogP contribution in [-0.2, 0) is 14.4 Å². The highest BCUT2D eigenvalue weighted by molar-refractivity contribution is 6.31. The number of amides is 3. The van der Waals surface area contributed by atoms with Gasteiger partial charge in [-0.3, -0.25) is 19.3 Å². The van der Waals surface area contributed by atoms with Crippen LogP contribution in [0.1, 0.15) is 30.0 Å². The number of hydrogen-bond acceptors (Lipinski definition) is 3.